The smallest absolute Gasteiger partial charge is 0.316 e. The predicted molar refractivity (Wildman–Crippen MR) is 108 cm³/mol. The number of hydrogen-bond donors (Lipinski definition) is 2. The Labute approximate surface area is 162 Å². The van der Waals surface area contributed by atoms with Gasteiger partial charge in [-0.15, -0.1) is 0 Å². The molecule has 0 aromatic carbocycles. The number of thioether (sulfide) groups is 1. The van der Waals surface area contributed by atoms with E-state index in [0.29, 0.717) is 5.75 Å². The van der Waals surface area contributed by atoms with Crippen LogP contribution in [-0.4, -0.2) is 27.2 Å². The molecule has 0 amide bonds. The Morgan fingerprint density at radius 1 is 1.08 bits per heavy atom. The summed E-state index contributed by atoms with van der Waals surface area (Å²) < 4.78 is 0. The Bertz CT molecular complexity index is 437. The molecule has 0 spiro atoms. The van der Waals surface area contributed by atoms with Crippen molar-refractivity contribution in [2.45, 2.75) is 89.7 Å². The first-order valence-electron chi connectivity index (χ1n) is 9.36. The second-order valence-electron chi connectivity index (χ2n) is 6.82. The van der Waals surface area contributed by atoms with Crippen LogP contribution in [0.15, 0.2) is 0 Å². The number of nitrogens with zero attached hydrogens (tertiary/aromatic N) is 1. The van der Waals surface area contributed by atoms with E-state index in [0.717, 1.165) is 24.6 Å². The van der Waals surface area contributed by atoms with Gasteiger partial charge in [-0.05, 0) is 19.8 Å². The van der Waals surface area contributed by atoms with Crippen LogP contribution >= 0.6 is 24.4 Å². The molecule has 0 radical (unpaired) electrons. The van der Waals surface area contributed by atoms with Crippen molar-refractivity contribution in [1.82, 2.24) is 0 Å². The van der Waals surface area contributed by atoms with Crippen molar-refractivity contribution >= 4 is 35.5 Å². The Kier molecular flexibility index (Phi) is 14.1. The highest BCUT2D eigenvalue weighted by Gasteiger charge is 2.37. The summed E-state index contributed by atoms with van der Waals surface area (Å²) in [7, 11) is 0. The Morgan fingerprint density at radius 3 is 2.00 bits per heavy atom. The summed E-state index contributed by atoms with van der Waals surface area (Å²) in [5.74, 6) is -0.408. The van der Waals surface area contributed by atoms with Crippen molar-refractivity contribution in [3.63, 3.8) is 0 Å². The van der Waals surface area contributed by atoms with E-state index in [4.69, 9.17) is 5.11 Å². The average molecular weight is 388 g/mol. The minimum atomic E-state index is -1.28. The molecule has 0 heterocycles. The third kappa shape index (κ3) is 11.5. The van der Waals surface area contributed by atoms with Gasteiger partial charge in [0.15, 0.2) is 0 Å². The number of thiol groups is 1. The van der Waals surface area contributed by atoms with E-state index in [-0.39, 0.29) is 11.5 Å². The molecule has 25 heavy (non-hydrogen) atoms. The van der Waals surface area contributed by atoms with Crippen molar-refractivity contribution in [3.05, 3.63) is 0 Å². The largest absolute Gasteiger partial charge is 0.480 e. The lowest BCUT2D eigenvalue weighted by molar-refractivity contribution is -0.136. The first-order valence-corrected chi connectivity index (χ1v) is 10.9. The first kappa shape index (κ1) is 24.3. The van der Waals surface area contributed by atoms with E-state index in [1.54, 1.807) is 0 Å². The van der Waals surface area contributed by atoms with Crippen LogP contribution in [0.1, 0.15) is 84.5 Å². The van der Waals surface area contributed by atoms with Crippen molar-refractivity contribution < 1.29 is 14.7 Å². The molecule has 4 nitrogen and oxygen atoms in total. The number of hydrogen-bond acceptors (Lipinski definition) is 5. The molecule has 0 rings (SSSR count). The van der Waals surface area contributed by atoms with E-state index < -0.39 is 16.6 Å². The molecule has 1 N–H and O–H groups in total. The Balaban J connectivity index is 3.81. The molecule has 6 heteroatoms. The first-order chi connectivity index (χ1) is 11.9. The fraction of sp³-hybridized carbons (Fsp3) is 0.842. The minimum absolute atomic E-state index is 0.0637. The number of carbonyl (C=O) groups excluding carboxylic acids is 1. The van der Waals surface area contributed by atoms with Gasteiger partial charge in [0.2, 0.25) is 5.12 Å². The van der Waals surface area contributed by atoms with Crippen LogP contribution in [0.5, 0.6) is 0 Å². The Morgan fingerprint density at radius 2 is 1.56 bits per heavy atom. The van der Waals surface area contributed by atoms with Crippen LogP contribution in [0.4, 0.5) is 0 Å². The van der Waals surface area contributed by atoms with Crippen LogP contribution in [0.2, 0.25) is 0 Å². The van der Waals surface area contributed by atoms with E-state index in [1.807, 2.05) is 6.07 Å². The lowest BCUT2D eigenvalue weighted by Gasteiger charge is -2.21. The van der Waals surface area contributed by atoms with Crippen LogP contribution < -0.4 is 0 Å². The minimum Gasteiger partial charge on any atom is -0.480 e. The molecule has 144 valence electrons. The van der Waals surface area contributed by atoms with Crippen LogP contribution in [-0.2, 0) is 9.59 Å². The summed E-state index contributed by atoms with van der Waals surface area (Å²) in [5.41, 5.74) is -1.28. The van der Waals surface area contributed by atoms with E-state index in [9.17, 15) is 14.9 Å². The topological polar surface area (TPSA) is 78.2 Å². The van der Waals surface area contributed by atoms with Gasteiger partial charge in [0.1, 0.15) is 10.7 Å². The van der Waals surface area contributed by atoms with Gasteiger partial charge in [0.05, 0.1) is 6.07 Å². The normalized spacial score (nSPS) is 14.5. The predicted octanol–water partition coefficient (Wildman–Crippen LogP) is 5.47. The molecule has 0 aromatic heterocycles. The zero-order valence-electron chi connectivity index (χ0n) is 15.6. The zero-order valence-corrected chi connectivity index (χ0v) is 17.3. The summed E-state index contributed by atoms with van der Waals surface area (Å²) in [6, 6.07) is 1.97. The second-order valence-corrected chi connectivity index (χ2v) is 8.51. The number of aliphatic carboxylic acids is 1. The monoisotopic (exact) mass is 387 g/mol. The van der Waals surface area contributed by atoms with Crippen LogP contribution in [0.3, 0.4) is 0 Å². The van der Waals surface area contributed by atoms with Gasteiger partial charge in [-0.1, -0.05) is 76.5 Å². The fourth-order valence-corrected chi connectivity index (χ4v) is 3.91. The quantitative estimate of drug-likeness (QED) is 0.288. The molecular formula is C19H33NO3S2. The van der Waals surface area contributed by atoms with Crippen molar-refractivity contribution in [2.24, 2.45) is 5.41 Å². The highest BCUT2D eigenvalue weighted by Crippen LogP contribution is 2.31. The Hall–Kier alpha value is -0.670. The highest BCUT2D eigenvalue weighted by atomic mass is 32.2. The maximum Gasteiger partial charge on any atom is 0.316 e. The molecule has 0 aliphatic rings. The van der Waals surface area contributed by atoms with Crippen LogP contribution in [0.25, 0.3) is 0 Å². The van der Waals surface area contributed by atoms with E-state index >= 15 is 0 Å². The lowest BCUT2D eigenvalue weighted by Crippen LogP contribution is -2.30. The summed E-state index contributed by atoms with van der Waals surface area (Å²) in [6.07, 6.45) is 12.4. The SMILES string of the molecule is CCCCCCCCCCCCSC(=O)C(C)(C#N)CC(S)C(=O)O. The number of nitriles is 1. The molecule has 0 fully saturated rings. The summed E-state index contributed by atoms with van der Waals surface area (Å²) >= 11 is 5.09. The summed E-state index contributed by atoms with van der Waals surface area (Å²) in [5, 5.41) is 16.9. The number of unbranched alkanes of at least 4 members (excludes halogenated alkanes) is 9. The van der Waals surface area contributed by atoms with Gasteiger partial charge in [-0.25, -0.2) is 0 Å². The van der Waals surface area contributed by atoms with E-state index in [1.165, 1.54) is 58.3 Å². The van der Waals surface area contributed by atoms with Gasteiger partial charge in [-0.2, -0.15) is 17.9 Å². The molecule has 0 aromatic rings. The number of rotatable bonds is 15. The molecule has 0 aliphatic heterocycles. The lowest BCUT2D eigenvalue weighted by atomic mass is 9.88. The van der Waals surface area contributed by atoms with E-state index in [2.05, 4.69) is 19.6 Å². The molecule has 0 saturated carbocycles. The molecule has 2 unspecified atom stereocenters. The van der Waals surface area contributed by atoms with Gasteiger partial charge >= 0.3 is 5.97 Å². The van der Waals surface area contributed by atoms with Crippen molar-refractivity contribution in [1.29, 1.82) is 5.26 Å². The molecule has 0 aliphatic carbocycles. The fourth-order valence-electron chi connectivity index (χ4n) is 2.56. The van der Waals surface area contributed by atoms with Crippen molar-refractivity contribution in [3.8, 4) is 6.07 Å². The van der Waals surface area contributed by atoms with Gasteiger partial charge < -0.3 is 5.11 Å². The molecular weight excluding hydrogens is 354 g/mol. The zero-order chi connectivity index (χ0) is 19.1. The summed E-state index contributed by atoms with van der Waals surface area (Å²) in [6.45, 7) is 3.73. The molecule has 2 atom stereocenters. The third-order valence-corrected chi connectivity index (χ3v) is 5.92. The van der Waals surface area contributed by atoms with Gasteiger partial charge in [0.25, 0.3) is 0 Å². The number of carbonyl (C=O) groups is 2. The number of carboxylic acids is 1. The molecule has 0 bridgehead atoms. The molecule has 0 saturated heterocycles. The highest BCUT2D eigenvalue weighted by molar-refractivity contribution is 8.13. The van der Waals surface area contributed by atoms with Gasteiger partial charge in [0, 0.05) is 5.75 Å². The van der Waals surface area contributed by atoms with Crippen molar-refractivity contribution in [2.75, 3.05) is 5.75 Å². The van der Waals surface area contributed by atoms with Gasteiger partial charge in [-0.3, -0.25) is 9.59 Å². The second kappa shape index (κ2) is 14.5. The summed E-state index contributed by atoms with van der Waals surface area (Å²) in [4.78, 5) is 23.1. The van der Waals surface area contributed by atoms with Crippen LogP contribution in [0, 0.1) is 16.7 Å². The average Bonchev–Trinajstić information content (AvgIpc) is 2.59. The maximum atomic E-state index is 12.2. The maximum absolute atomic E-state index is 12.2. The third-order valence-electron chi connectivity index (χ3n) is 4.31. The number of carboxylic acid groups (broad SMARTS) is 1. The standard InChI is InChI=1S/C19H33NO3S2/c1-3-4-5-6-7-8-9-10-11-12-13-25-18(23)19(2,15-20)14-16(24)17(21)22/h16,24H,3-14H2,1-2H3,(H,21,22).